The zero-order valence-electron chi connectivity index (χ0n) is 13.0. The molecule has 1 rings (SSSR count). The Hall–Kier alpha value is -1.09. The van der Waals surface area contributed by atoms with Crippen molar-refractivity contribution in [3.63, 3.8) is 0 Å². The van der Waals surface area contributed by atoms with Gasteiger partial charge in [0.25, 0.3) is 0 Å². The number of nitrogens with zero attached hydrogens (tertiary/aromatic N) is 2. The van der Waals surface area contributed by atoms with E-state index in [-0.39, 0.29) is 0 Å². The fourth-order valence-corrected chi connectivity index (χ4v) is 2.18. The van der Waals surface area contributed by atoms with E-state index in [2.05, 4.69) is 55.0 Å². The standard InChI is InChI=1S/C16H29N3/c1-5-8-10-19(7-3)16-12-15(11-14(4)18-16)13-17-9-6-2/h11-12,17H,5-10,13H2,1-4H3. The summed E-state index contributed by atoms with van der Waals surface area (Å²) in [4.78, 5) is 7.06. The molecule has 0 aliphatic heterocycles. The Kier molecular flexibility index (Phi) is 7.49. The lowest BCUT2D eigenvalue weighted by Gasteiger charge is -2.23. The van der Waals surface area contributed by atoms with Gasteiger partial charge in [0.2, 0.25) is 0 Å². The summed E-state index contributed by atoms with van der Waals surface area (Å²) in [6.45, 7) is 12.9. The van der Waals surface area contributed by atoms with Gasteiger partial charge >= 0.3 is 0 Å². The number of hydrogen-bond donors (Lipinski definition) is 1. The average Bonchev–Trinajstić information content (AvgIpc) is 2.39. The Balaban J connectivity index is 2.75. The number of unbranched alkanes of at least 4 members (excludes halogenated alkanes) is 1. The molecule has 0 atom stereocenters. The molecule has 1 aromatic rings. The maximum absolute atomic E-state index is 4.68. The van der Waals surface area contributed by atoms with Crippen LogP contribution in [0, 0.1) is 6.92 Å². The van der Waals surface area contributed by atoms with Gasteiger partial charge in [0, 0.05) is 25.3 Å². The van der Waals surface area contributed by atoms with Crippen molar-refractivity contribution in [1.82, 2.24) is 10.3 Å². The van der Waals surface area contributed by atoms with Crippen molar-refractivity contribution in [2.45, 2.75) is 53.5 Å². The molecule has 0 unspecified atom stereocenters. The molecule has 0 aromatic carbocycles. The number of aryl methyl sites for hydroxylation is 1. The molecule has 0 aliphatic rings. The lowest BCUT2D eigenvalue weighted by atomic mass is 10.2. The topological polar surface area (TPSA) is 28.2 Å². The van der Waals surface area contributed by atoms with Gasteiger partial charge in [0.05, 0.1) is 0 Å². The van der Waals surface area contributed by atoms with Gasteiger partial charge in [-0.25, -0.2) is 4.98 Å². The summed E-state index contributed by atoms with van der Waals surface area (Å²) in [6, 6.07) is 4.41. The van der Waals surface area contributed by atoms with Gasteiger partial charge < -0.3 is 10.2 Å². The van der Waals surface area contributed by atoms with Crippen molar-refractivity contribution in [3.05, 3.63) is 23.4 Å². The third kappa shape index (κ3) is 5.60. The van der Waals surface area contributed by atoms with E-state index in [9.17, 15) is 0 Å². The van der Waals surface area contributed by atoms with E-state index in [1.165, 1.54) is 24.8 Å². The highest BCUT2D eigenvalue weighted by atomic mass is 15.2. The fraction of sp³-hybridized carbons (Fsp3) is 0.688. The van der Waals surface area contributed by atoms with E-state index < -0.39 is 0 Å². The minimum absolute atomic E-state index is 0.940. The summed E-state index contributed by atoms with van der Waals surface area (Å²) in [5.41, 5.74) is 2.45. The minimum Gasteiger partial charge on any atom is -0.357 e. The van der Waals surface area contributed by atoms with Crippen molar-refractivity contribution in [2.75, 3.05) is 24.5 Å². The van der Waals surface area contributed by atoms with Crippen LogP contribution in [0.4, 0.5) is 5.82 Å². The van der Waals surface area contributed by atoms with Crippen molar-refractivity contribution in [2.24, 2.45) is 0 Å². The van der Waals surface area contributed by atoms with Gasteiger partial charge in [-0.3, -0.25) is 0 Å². The quantitative estimate of drug-likeness (QED) is 0.691. The zero-order valence-corrected chi connectivity index (χ0v) is 13.0. The summed E-state index contributed by atoms with van der Waals surface area (Å²) < 4.78 is 0. The molecule has 1 aromatic heterocycles. The molecule has 3 heteroatoms. The first-order valence-electron chi connectivity index (χ1n) is 7.64. The van der Waals surface area contributed by atoms with Crippen LogP contribution in [0.1, 0.15) is 51.3 Å². The average molecular weight is 263 g/mol. The molecule has 19 heavy (non-hydrogen) atoms. The summed E-state index contributed by atoms with van der Waals surface area (Å²) in [7, 11) is 0. The number of nitrogens with one attached hydrogen (secondary N) is 1. The first-order valence-corrected chi connectivity index (χ1v) is 7.64. The predicted molar refractivity (Wildman–Crippen MR) is 83.8 cm³/mol. The molecule has 0 saturated carbocycles. The Labute approximate surface area is 118 Å². The van der Waals surface area contributed by atoms with Crippen LogP contribution in [-0.2, 0) is 6.54 Å². The van der Waals surface area contributed by atoms with Crippen LogP contribution in [0.5, 0.6) is 0 Å². The molecular weight excluding hydrogens is 234 g/mol. The lowest BCUT2D eigenvalue weighted by Crippen LogP contribution is -2.25. The maximum Gasteiger partial charge on any atom is 0.129 e. The summed E-state index contributed by atoms with van der Waals surface area (Å²) in [5, 5.41) is 3.46. The van der Waals surface area contributed by atoms with Gasteiger partial charge in [-0.05, 0) is 50.9 Å². The van der Waals surface area contributed by atoms with Crippen LogP contribution in [-0.4, -0.2) is 24.6 Å². The van der Waals surface area contributed by atoms with E-state index in [4.69, 9.17) is 0 Å². The SMILES string of the molecule is CCCCN(CC)c1cc(CNCCC)cc(C)n1. The lowest BCUT2D eigenvalue weighted by molar-refractivity contribution is 0.672. The highest BCUT2D eigenvalue weighted by Gasteiger charge is 2.07. The summed E-state index contributed by atoms with van der Waals surface area (Å²) in [5.74, 6) is 1.13. The molecule has 3 nitrogen and oxygen atoms in total. The van der Waals surface area contributed by atoms with Crippen molar-refractivity contribution < 1.29 is 0 Å². The largest absolute Gasteiger partial charge is 0.357 e. The van der Waals surface area contributed by atoms with Crippen LogP contribution in [0.3, 0.4) is 0 Å². The Morgan fingerprint density at radius 2 is 1.95 bits per heavy atom. The van der Waals surface area contributed by atoms with Crippen LogP contribution in [0.2, 0.25) is 0 Å². The van der Waals surface area contributed by atoms with Crippen LogP contribution < -0.4 is 10.2 Å². The van der Waals surface area contributed by atoms with Crippen molar-refractivity contribution >= 4 is 5.82 Å². The molecule has 0 spiro atoms. The Bertz CT molecular complexity index is 363. The molecule has 1 N–H and O–H groups in total. The number of anilines is 1. The maximum atomic E-state index is 4.68. The third-order valence-electron chi connectivity index (χ3n) is 3.24. The van der Waals surface area contributed by atoms with Gasteiger partial charge in [0.15, 0.2) is 0 Å². The molecule has 0 amide bonds. The van der Waals surface area contributed by atoms with E-state index in [1.54, 1.807) is 0 Å². The third-order valence-corrected chi connectivity index (χ3v) is 3.24. The molecule has 0 aliphatic carbocycles. The van der Waals surface area contributed by atoms with E-state index in [0.717, 1.165) is 37.7 Å². The molecule has 1 heterocycles. The van der Waals surface area contributed by atoms with Crippen molar-refractivity contribution in [1.29, 1.82) is 0 Å². The van der Waals surface area contributed by atoms with Crippen LogP contribution in [0.15, 0.2) is 12.1 Å². The highest BCUT2D eigenvalue weighted by molar-refractivity contribution is 5.42. The first-order chi connectivity index (χ1) is 9.21. The number of rotatable bonds is 9. The Morgan fingerprint density at radius 3 is 2.58 bits per heavy atom. The summed E-state index contributed by atoms with van der Waals surface area (Å²) in [6.07, 6.45) is 3.63. The second kappa shape index (κ2) is 8.92. The number of hydrogen-bond acceptors (Lipinski definition) is 3. The minimum atomic E-state index is 0.940. The highest BCUT2D eigenvalue weighted by Crippen LogP contribution is 2.15. The summed E-state index contributed by atoms with van der Waals surface area (Å²) >= 11 is 0. The van der Waals surface area contributed by atoms with Gasteiger partial charge in [-0.1, -0.05) is 20.3 Å². The fourth-order valence-electron chi connectivity index (χ4n) is 2.18. The van der Waals surface area contributed by atoms with Gasteiger partial charge in [-0.15, -0.1) is 0 Å². The van der Waals surface area contributed by atoms with E-state index >= 15 is 0 Å². The molecule has 0 saturated heterocycles. The molecule has 0 bridgehead atoms. The van der Waals surface area contributed by atoms with Gasteiger partial charge in [0.1, 0.15) is 5.82 Å². The monoisotopic (exact) mass is 263 g/mol. The number of pyridine rings is 1. The van der Waals surface area contributed by atoms with Crippen LogP contribution in [0.25, 0.3) is 0 Å². The Morgan fingerprint density at radius 1 is 1.16 bits per heavy atom. The smallest absolute Gasteiger partial charge is 0.129 e. The molecular formula is C16H29N3. The van der Waals surface area contributed by atoms with E-state index in [1.807, 2.05) is 0 Å². The number of aromatic nitrogens is 1. The van der Waals surface area contributed by atoms with Crippen LogP contribution >= 0.6 is 0 Å². The van der Waals surface area contributed by atoms with Crippen molar-refractivity contribution in [3.8, 4) is 0 Å². The van der Waals surface area contributed by atoms with Gasteiger partial charge in [-0.2, -0.15) is 0 Å². The molecule has 0 radical (unpaired) electrons. The zero-order chi connectivity index (χ0) is 14.1. The second-order valence-electron chi connectivity index (χ2n) is 5.08. The normalized spacial score (nSPS) is 10.7. The molecule has 0 fully saturated rings. The first kappa shape index (κ1) is 16.0. The molecule has 108 valence electrons. The van der Waals surface area contributed by atoms with E-state index in [0.29, 0.717) is 0 Å². The predicted octanol–water partition coefficient (Wildman–Crippen LogP) is 3.52. The second-order valence-corrected chi connectivity index (χ2v) is 5.08.